The summed E-state index contributed by atoms with van der Waals surface area (Å²) in [6.45, 7) is 7.24. The third-order valence-corrected chi connectivity index (χ3v) is 7.49. The van der Waals surface area contributed by atoms with Crippen LogP contribution in [0.4, 0.5) is 0 Å². The number of hydrogen-bond donors (Lipinski definition) is 6. The number of hydrogen-bond acceptors (Lipinski definition) is 9. The minimum atomic E-state index is -1.32. The molecule has 0 saturated carbocycles. The van der Waals surface area contributed by atoms with E-state index in [1.807, 2.05) is 27.7 Å². The maximum absolute atomic E-state index is 13.3. The van der Waals surface area contributed by atoms with E-state index in [0.717, 1.165) is 29.3 Å². The highest BCUT2D eigenvalue weighted by molar-refractivity contribution is 6.31. The zero-order chi connectivity index (χ0) is 30.1. The zero-order valence-electron chi connectivity index (χ0n) is 22.8. The molecule has 5 aromatic carbocycles. The lowest BCUT2D eigenvalue weighted by Crippen LogP contribution is -2.09. The number of benzene rings is 4. The van der Waals surface area contributed by atoms with Crippen molar-refractivity contribution >= 4 is 43.1 Å². The number of fused-ring (bicyclic) bond motifs is 5. The number of phenols is 5. The predicted molar refractivity (Wildman–Crippen MR) is 158 cm³/mol. The molecule has 5 rings (SSSR count). The summed E-state index contributed by atoms with van der Waals surface area (Å²) in [5.41, 5.74) is -0.519. The number of phenolic OH excluding ortho intramolecular Hbond substituents is 5. The van der Waals surface area contributed by atoms with E-state index in [9.17, 15) is 45.0 Å². The van der Waals surface area contributed by atoms with E-state index in [0.29, 0.717) is 0 Å². The van der Waals surface area contributed by atoms with Gasteiger partial charge in [0.15, 0.2) is 16.3 Å². The molecule has 0 saturated heterocycles. The second-order valence-electron chi connectivity index (χ2n) is 10.8. The molecule has 0 aliphatic rings. The predicted octanol–water partition coefficient (Wildman–Crippen LogP) is 4.68. The Morgan fingerprint density at radius 2 is 1.05 bits per heavy atom. The van der Waals surface area contributed by atoms with Gasteiger partial charge in [0, 0.05) is 27.1 Å². The van der Waals surface area contributed by atoms with Gasteiger partial charge < -0.3 is 30.6 Å². The molecule has 0 aliphatic carbocycles. The van der Waals surface area contributed by atoms with E-state index in [-0.39, 0.29) is 45.5 Å². The minimum absolute atomic E-state index is 0.0459. The van der Waals surface area contributed by atoms with E-state index in [1.54, 1.807) is 12.2 Å². The molecule has 0 aliphatic heterocycles. The largest absolute Gasteiger partial charge is 0.507 e. The lowest BCUT2D eigenvalue weighted by molar-refractivity contribution is 0.177. The average Bonchev–Trinajstić information content (AvgIpc) is 3.26. The molecule has 0 heterocycles. The van der Waals surface area contributed by atoms with Crippen LogP contribution in [0.2, 0.25) is 0 Å². The van der Waals surface area contributed by atoms with Crippen LogP contribution in [0.3, 0.4) is 0 Å². The number of aromatic hydroxyl groups is 5. The normalized spacial score (nSPS) is 12.4. The van der Waals surface area contributed by atoms with Crippen molar-refractivity contribution in [3.63, 3.8) is 0 Å². The minimum Gasteiger partial charge on any atom is -0.507 e. The van der Waals surface area contributed by atoms with E-state index in [4.69, 9.17) is 0 Å². The molecule has 0 spiro atoms. The standard InChI is InChI=1S/C32H28O9/c1-12(2)5-7-14-20-25(31(40)23-18(35)10-9-17(34)22(23)29(20)38)26-21(14)30(39)24-19(36)11-15(16(33)8-6-13(3)4)28(37)27(24)32(26)41/h5-6,9-11,16,33,37-41H,7-8H2,1-4H3. The van der Waals surface area contributed by atoms with E-state index in [1.165, 1.54) is 0 Å². The summed E-state index contributed by atoms with van der Waals surface area (Å²) in [6, 6.07) is 2.91. The Morgan fingerprint density at radius 1 is 0.610 bits per heavy atom. The molecule has 0 fully saturated rings. The Morgan fingerprint density at radius 3 is 1.54 bits per heavy atom. The zero-order valence-corrected chi connectivity index (χ0v) is 22.8. The molecule has 1 atom stereocenters. The summed E-state index contributed by atoms with van der Waals surface area (Å²) in [4.78, 5) is 38.8. The van der Waals surface area contributed by atoms with Gasteiger partial charge in [-0.3, -0.25) is 14.4 Å². The Bertz CT molecular complexity index is 2150. The van der Waals surface area contributed by atoms with Crippen molar-refractivity contribution in [1.29, 1.82) is 0 Å². The highest BCUT2D eigenvalue weighted by Gasteiger charge is 2.31. The topological polar surface area (TPSA) is 173 Å². The first-order valence-corrected chi connectivity index (χ1v) is 12.9. The van der Waals surface area contributed by atoms with Gasteiger partial charge in [-0.05, 0) is 64.3 Å². The van der Waals surface area contributed by atoms with Gasteiger partial charge in [0.25, 0.3) is 0 Å². The van der Waals surface area contributed by atoms with Crippen molar-refractivity contribution in [3.8, 4) is 28.7 Å². The van der Waals surface area contributed by atoms with Gasteiger partial charge in [0.2, 0.25) is 0 Å². The van der Waals surface area contributed by atoms with Gasteiger partial charge in [-0.1, -0.05) is 23.3 Å². The van der Waals surface area contributed by atoms with Gasteiger partial charge in [0.1, 0.15) is 28.7 Å². The van der Waals surface area contributed by atoms with Crippen LogP contribution in [0.15, 0.2) is 55.9 Å². The van der Waals surface area contributed by atoms with Crippen LogP contribution in [-0.4, -0.2) is 30.6 Å². The van der Waals surface area contributed by atoms with Crippen LogP contribution in [0.1, 0.15) is 51.3 Å². The van der Waals surface area contributed by atoms with E-state index >= 15 is 0 Å². The maximum Gasteiger partial charge on any atom is 0.190 e. The fourth-order valence-corrected chi connectivity index (χ4v) is 5.58. The van der Waals surface area contributed by atoms with Crippen LogP contribution in [0.25, 0.3) is 43.1 Å². The lowest BCUT2D eigenvalue weighted by Gasteiger charge is -2.15. The second-order valence-corrected chi connectivity index (χ2v) is 10.8. The molecule has 0 radical (unpaired) electrons. The Kier molecular flexibility index (Phi) is 6.50. The molecule has 0 amide bonds. The average molecular weight is 557 g/mol. The summed E-state index contributed by atoms with van der Waals surface area (Å²) >= 11 is 0. The highest BCUT2D eigenvalue weighted by Crippen LogP contribution is 2.55. The maximum atomic E-state index is 13.3. The molecular weight excluding hydrogens is 528 g/mol. The summed E-state index contributed by atoms with van der Waals surface area (Å²) in [5.74, 6) is -3.35. The van der Waals surface area contributed by atoms with Gasteiger partial charge in [-0.25, -0.2) is 0 Å². The fraction of sp³-hybridized carbons (Fsp3) is 0.219. The van der Waals surface area contributed by atoms with Crippen molar-refractivity contribution < 1.29 is 30.6 Å². The molecule has 41 heavy (non-hydrogen) atoms. The fourth-order valence-electron chi connectivity index (χ4n) is 5.58. The quantitative estimate of drug-likeness (QED) is 0.133. The Balaban J connectivity index is 2.09. The number of aliphatic hydroxyl groups is 1. The van der Waals surface area contributed by atoms with Crippen LogP contribution in [0, 0.1) is 0 Å². The molecule has 9 heteroatoms. The summed E-state index contributed by atoms with van der Waals surface area (Å²) in [6.07, 6.45) is 2.24. The molecular formula is C32H28O9. The highest BCUT2D eigenvalue weighted by atomic mass is 16.3. The van der Waals surface area contributed by atoms with E-state index in [2.05, 4.69) is 0 Å². The van der Waals surface area contributed by atoms with E-state index < -0.39 is 72.7 Å². The first-order valence-electron chi connectivity index (χ1n) is 12.9. The van der Waals surface area contributed by atoms with Gasteiger partial charge in [0.05, 0.1) is 27.6 Å². The van der Waals surface area contributed by atoms with Gasteiger partial charge in [-0.15, -0.1) is 0 Å². The second kappa shape index (κ2) is 9.64. The molecule has 5 aromatic rings. The molecule has 6 N–H and O–H groups in total. The van der Waals surface area contributed by atoms with Gasteiger partial charge >= 0.3 is 0 Å². The van der Waals surface area contributed by atoms with Crippen molar-refractivity contribution in [1.82, 2.24) is 0 Å². The summed E-state index contributed by atoms with van der Waals surface area (Å²) < 4.78 is 0. The van der Waals surface area contributed by atoms with Crippen molar-refractivity contribution in [2.24, 2.45) is 0 Å². The first-order chi connectivity index (χ1) is 19.3. The molecule has 0 aromatic heterocycles. The monoisotopic (exact) mass is 556 g/mol. The number of allylic oxidation sites excluding steroid dienone is 3. The third-order valence-electron chi connectivity index (χ3n) is 7.49. The smallest absolute Gasteiger partial charge is 0.190 e. The third kappa shape index (κ3) is 4.00. The molecule has 0 bridgehead atoms. The number of rotatable bonds is 5. The number of aliphatic hydroxyl groups excluding tert-OH is 1. The lowest BCUT2D eigenvalue weighted by atomic mass is 9.94. The summed E-state index contributed by atoms with van der Waals surface area (Å²) in [5, 5.41) is 65.3. The van der Waals surface area contributed by atoms with Crippen molar-refractivity contribution in [2.75, 3.05) is 0 Å². The Labute approximate surface area is 232 Å². The van der Waals surface area contributed by atoms with Crippen LogP contribution in [0.5, 0.6) is 28.7 Å². The summed E-state index contributed by atoms with van der Waals surface area (Å²) in [7, 11) is 0. The van der Waals surface area contributed by atoms with Crippen LogP contribution >= 0.6 is 0 Å². The molecule has 1 unspecified atom stereocenters. The molecule has 210 valence electrons. The van der Waals surface area contributed by atoms with Crippen LogP contribution in [-0.2, 0) is 6.42 Å². The van der Waals surface area contributed by atoms with Crippen molar-refractivity contribution in [2.45, 2.75) is 46.6 Å². The van der Waals surface area contributed by atoms with Crippen LogP contribution < -0.4 is 16.3 Å². The van der Waals surface area contributed by atoms with Crippen molar-refractivity contribution in [3.05, 3.63) is 83.3 Å². The van der Waals surface area contributed by atoms with Gasteiger partial charge in [-0.2, -0.15) is 0 Å². The first kappa shape index (κ1) is 27.7. The Hall–Kier alpha value is -4.89. The molecule has 9 nitrogen and oxygen atoms in total. The SMILES string of the molecule is CC(C)=CCc1c2c(O)c3c(=O)cc(C(O)CC=C(C)C)c(O)c3c(O)c2c2c(O)c3c(=O)ccc(=O)c3c(O)c12.